The zero-order valence-corrected chi connectivity index (χ0v) is 12.2. The summed E-state index contributed by atoms with van der Waals surface area (Å²) in [6, 6.07) is 4.98. The number of hydrogen-bond donors (Lipinski definition) is 1. The van der Waals surface area contributed by atoms with Crippen LogP contribution in [0.3, 0.4) is 0 Å². The van der Waals surface area contributed by atoms with E-state index >= 15 is 0 Å². The SMILES string of the molecule is Cc1c(C(=O)N2CCC(CN)C2)sc2cccc(F)c12. The number of likely N-dealkylation sites (tertiary alicyclic amines) is 1. The number of nitrogens with zero attached hydrogens (tertiary/aromatic N) is 1. The van der Waals surface area contributed by atoms with Crippen LogP contribution < -0.4 is 5.73 Å². The Labute approximate surface area is 121 Å². The molecule has 1 saturated heterocycles. The van der Waals surface area contributed by atoms with Crippen LogP contribution >= 0.6 is 11.3 Å². The van der Waals surface area contributed by atoms with Crippen LogP contribution in [0.1, 0.15) is 21.7 Å². The molecule has 1 unspecified atom stereocenters. The summed E-state index contributed by atoms with van der Waals surface area (Å²) in [6.07, 6.45) is 0.959. The van der Waals surface area contributed by atoms with E-state index in [4.69, 9.17) is 5.73 Å². The van der Waals surface area contributed by atoms with Gasteiger partial charge in [-0.15, -0.1) is 11.3 Å². The highest BCUT2D eigenvalue weighted by Gasteiger charge is 2.28. The molecule has 1 aliphatic heterocycles. The molecule has 106 valence electrons. The lowest BCUT2D eigenvalue weighted by Gasteiger charge is -2.15. The minimum atomic E-state index is -0.253. The third kappa shape index (κ3) is 2.11. The van der Waals surface area contributed by atoms with E-state index in [-0.39, 0.29) is 11.7 Å². The van der Waals surface area contributed by atoms with Crippen molar-refractivity contribution in [2.24, 2.45) is 11.7 Å². The van der Waals surface area contributed by atoms with E-state index in [0.717, 1.165) is 23.2 Å². The van der Waals surface area contributed by atoms with E-state index in [1.54, 1.807) is 6.07 Å². The second kappa shape index (κ2) is 5.14. The van der Waals surface area contributed by atoms with Gasteiger partial charge in [0, 0.05) is 23.2 Å². The van der Waals surface area contributed by atoms with E-state index in [1.165, 1.54) is 17.4 Å². The fourth-order valence-electron chi connectivity index (χ4n) is 2.81. The molecule has 1 aromatic carbocycles. The summed E-state index contributed by atoms with van der Waals surface area (Å²) in [4.78, 5) is 15.1. The quantitative estimate of drug-likeness (QED) is 0.925. The Bertz CT molecular complexity index is 667. The summed E-state index contributed by atoms with van der Waals surface area (Å²) in [6.45, 7) is 3.90. The zero-order valence-electron chi connectivity index (χ0n) is 11.4. The summed E-state index contributed by atoms with van der Waals surface area (Å²) in [5, 5.41) is 0.579. The van der Waals surface area contributed by atoms with E-state index in [0.29, 0.717) is 29.3 Å². The van der Waals surface area contributed by atoms with Crippen molar-refractivity contribution in [1.29, 1.82) is 0 Å². The van der Waals surface area contributed by atoms with Crippen molar-refractivity contribution in [3.8, 4) is 0 Å². The van der Waals surface area contributed by atoms with Crippen molar-refractivity contribution in [1.82, 2.24) is 4.90 Å². The average molecular weight is 292 g/mol. The molecule has 1 fully saturated rings. The normalized spacial score (nSPS) is 18.9. The number of aryl methyl sites for hydroxylation is 1. The van der Waals surface area contributed by atoms with Gasteiger partial charge in [0.25, 0.3) is 5.91 Å². The summed E-state index contributed by atoms with van der Waals surface area (Å²) in [7, 11) is 0. The molecule has 2 N–H and O–H groups in total. The first-order valence-corrected chi connectivity index (χ1v) is 7.60. The van der Waals surface area contributed by atoms with E-state index in [1.807, 2.05) is 17.9 Å². The second-order valence-corrected chi connectivity index (χ2v) is 6.36. The summed E-state index contributed by atoms with van der Waals surface area (Å²) >= 11 is 1.38. The van der Waals surface area contributed by atoms with Crippen LogP contribution in [0.2, 0.25) is 0 Å². The molecule has 3 rings (SSSR count). The van der Waals surface area contributed by atoms with E-state index in [9.17, 15) is 9.18 Å². The van der Waals surface area contributed by atoms with Gasteiger partial charge in [0.1, 0.15) is 5.82 Å². The number of benzene rings is 1. The molecule has 2 aromatic rings. The lowest BCUT2D eigenvalue weighted by molar-refractivity contribution is 0.0792. The predicted octanol–water partition coefficient (Wildman–Crippen LogP) is 2.77. The van der Waals surface area contributed by atoms with Crippen molar-refractivity contribution in [2.75, 3.05) is 19.6 Å². The molecular weight excluding hydrogens is 275 g/mol. The minimum absolute atomic E-state index is 0.0130. The molecule has 20 heavy (non-hydrogen) atoms. The van der Waals surface area contributed by atoms with Crippen LogP contribution in [0.4, 0.5) is 4.39 Å². The van der Waals surface area contributed by atoms with Crippen LogP contribution in [0.25, 0.3) is 10.1 Å². The number of thiophene rings is 1. The maximum Gasteiger partial charge on any atom is 0.264 e. The van der Waals surface area contributed by atoms with Gasteiger partial charge in [0.15, 0.2) is 0 Å². The lowest BCUT2D eigenvalue weighted by atomic mass is 10.1. The molecule has 1 amide bonds. The number of hydrogen-bond acceptors (Lipinski definition) is 3. The van der Waals surface area contributed by atoms with Crippen molar-refractivity contribution in [2.45, 2.75) is 13.3 Å². The largest absolute Gasteiger partial charge is 0.338 e. The maximum absolute atomic E-state index is 13.9. The van der Waals surface area contributed by atoms with Crippen LogP contribution in [-0.2, 0) is 0 Å². The smallest absolute Gasteiger partial charge is 0.264 e. The van der Waals surface area contributed by atoms with Gasteiger partial charge in [-0.1, -0.05) is 6.07 Å². The first kappa shape index (κ1) is 13.5. The number of carbonyl (C=O) groups excluding carboxylic acids is 1. The molecule has 0 saturated carbocycles. The number of fused-ring (bicyclic) bond motifs is 1. The predicted molar refractivity (Wildman–Crippen MR) is 79.6 cm³/mol. The van der Waals surface area contributed by atoms with Crippen LogP contribution in [0, 0.1) is 18.7 Å². The van der Waals surface area contributed by atoms with Crippen molar-refractivity contribution >= 4 is 27.3 Å². The Morgan fingerprint density at radius 3 is 3.00 bits per heavy atom. The summed E-state index contributed by atoms with van der Waals surface area (Å²) in [5.41, 5.74) is 6.41. The van der Waals surface area contributed by atoms with E-state index in [2.05, 4.69) is 0 Å². The topological polar surface area (TPSA) is 46.3 Å². The fraction of sp³-hybridized carbons (Fsp3) is 0.400. The van der Waals surface area contributed by atoms with Gasteiger partial charge in [-0.05, 0) is 43.5 Å². The number of nitrogens with two attached hydrogens (primary N) is 1. The second-order valence-electron chi connectivity index (χ2n) is 5.31. The Kier molecular flexibility index (Phi) is 3.48. The van der Waals surface area contributed by atoms with Gasteiger partial charge >= 0.3 is 0 Å². The Morgan fingerprint density at radius 2 is 2.35 bits per heavy atom. The molecule has 0 radical (unpaired) electrons. The zero-order chi connectivity index (χ0) is 14.3. The number of carbonyl (C=O) groups is 1. The summed E-state index contributed by atoms with van der Waals surface area (Å²) < 4.78 is 14.7. The van der Waals surface area contributed by atoms with Gasteiger partial charge in [-0.3, -0.25) is 4.79 Å². The minimum Gasteiger partial charge on any atom is -0.338 e. The monoisotopic (exact) mass is 292 g/mol. The first-order valence-electron chi connectivity index (χ1n) is 6.78. The van der Waals surface area contributed by atoms with Gasteiger partial charge < -0.3 is 10.6 Å². The third-order valence-corrected chi connectivity index (χ3v) is 5.25. The van der Waals surface area contributed by atoms with Gasteiger partial charge in [-0.2, -0.15) is 0 Å². The van der Waals surface area contributed by atoms with Crippen LogP contribution in [-0.4, -0.2) is 30.4 Å². The van der Waals surface area contributed by atoms with E-state index < -0.39 is 0 Å². The standard InChI is InChI=1S/C15H17FN2OS/c1-9-13-11(16)3-2-4-12(13)20-14(9)15(19)18-6-5-10(7-17)8-18/h2-4,10H,5-8,17H2,1H3. The Balaban J connectivity index is 1.96. The lowest BCUT2D eigenvalue weighted by Crippen LogP contribution is -2.29. The van der Waals surface area contributed by atoms with Crippen LogP contribution in [0.15, 0.2) is 18.2 Å². The molecule has 1 atom stereocenters. The Morgan fingerprint density at radius 1 is 1.55 bits per heavy atom. The highest BCUT2D eigenvalue weighted by atomic mass is 32.1. The molecule has 0 aliphatic carbocycles. The number of rotatable bonds is 2. The molecule has 1 aromatic heterocycles. The highest BCUT2D eigenvalue weighted by Crippen LogP contribution is 2.34. The molecule has 0 spiro atoms. The van der Waals surface area contributed by atoms with Crippen LogP contribution in [0.5, 0.6) is 0 Å². The fourth-order valence-corrected chi connectivity index (χ4v) is 4.00. The molecular formula is C15H17FN2OS. The number of halogens is 1. The third-order valence-electron chi connectivity index (χ3n) is 4.00. The van der Waals surface area contributed by atoms with Gasteiger partial charge in [0.2, 0.25) is 0 Å². The van der Waals surface area contributed by atoms with Crippen molar-refractivity contribution in [3.05, 3.63) is 34.5 Å². The Hall–Kier alpha value is -1.46. The average Bonchev–Trinajstić information content (AvgIpc) is 3.04. The first-order chi connectivity index (χ1) is 9.61. The van der Waals surface area contributed by atoms with Gasteiger partial charge in [0.05, 0.1) is 4.88 Å². The summed E-state index contributed by atoms with van der Waals surface area (Å²) in [5.74, 6) is 0.154. The van der Waals surface area contributed by atoms with Gasteiger partial charge in [-0.25, -0.2) is 4.39 Å². The number of amides is 1. The molecule has 3 nitrogen and oxygen atoms in total. The highest BCUT2D eigenvalue weighted by molar-refractivity contribution is 7.21. The maximum atomic E-state index is 13.9. The van der Waals surface area contributed by atoms with Crippen molar-refractivity contribution < 1.29 is 9.18 Å². The van der Waals surface area contributed by atoms with Crippen molar-refractivity contribution in [3.63, 3.8) is 0 Å². The molecule has 1 aliphatic rings. The molecule has 0 bridgehead atoms. The molecule has 5 heteroatoms. The molecule has 2 heterocycles.